The first-order valence-electron chi connectivity index (χ1n) is 14.2. The van der Waals surface area contributed by atoms with Gasteiger partial charge in [0.15, 0.2) is 0 Å². The van der Waals surface area contributed by atoms with E-state index < -0.39 is 18.4 Å². The van der Waals surface area contributed by atoms with Crippen molar-refractivity contribution in [2.75, 3.05) is 14.1 Å². The Kier molecular flexibility index (Phi) is 11.7. The summed E-state index contributed by atoms with van der Waals surface area (Å²) in [7, 11) is 20.1. The fourth-order valence-corrected chi connectivity index (χ4v) is 37.1. The number of amidine groups is 1. The molecule has 0 atom stereocenters. The Morgan fingerprint density at radius 2 is 1.31 bits per heavy atom. The van der Waals surface area contributed by atoms with Crippen LogP contribution >= 0.6 is 43.3 Å². The molecule has 202 valence electrons. The van der Waals surface area contributed by atoms with Crippen LogP contribution in [-0.4, -0.2) is 48.4 Å². The van der Waals surface area contributed by atoms with Crippen molar-refractivity contribution in [3.8, 4) is 0 Å². The van der Waals surface area contributed by atoms with Crippen molar-refractivity contribution in [3.05, 3.63) is 17.7 Å². The van der Waals surface area contributed by atoms with Crippen LogP contribution in [0.15, 0.2) is 27.1 Å². The second-order valence-electron chi connectivity index (χ2n) is 11.6. The first kappa shape index (κ1) is 29.5. The number of nitrogens with zero attached hydrogens (tertiary/aromatic N) is 2. The number of benzene rings is 1. The van der Waals surface area contributed by atoms with Crippen molar-refractivity contribution >= 4 is 71.1 Å². The summed E-state index contributed by atoms with van der Waals surface area (Å²) in [5.74, 6) is 0.726. The first-order chi connectivity index (χ1) is 17.6. The number of likely N-dealkylation sites (N-methyl/N-ethyl adjacent to an activating group) is 1. The van der Waals surface area contributed by atoms with Crippen molar-refractivity contribution < 1.29 is 5.21 Å². The molecule has 3 nitrogen and oxygen atoms in total. The number of oxime groups is 1. The molecule has 1 N–H and O–H groups in total. The van der Waals surface area contributed by atoms with Gasteiger partial charge in [0.25, 0.3) is 0 Å². The molecule has 3 aliphatic carbocycles. The van der Waals surface area contributed by atoms with E-state index in [0.29, 0.717) is 6.42 Å². The van der Waals surface area contributed by atoms with Crippen LogP contribution in [0.3, 0.4) is 0 Å². The topological polar surface area (TPSA) is 35.8 Å². The molecule has 0 bridgehead atoms. The summed E-state index contributed by atoms with van der Waals surface area (Å²) in [5.41, 5.74) is 1.38. The van der Waals surface area contributed by atoms with Gasteiger partial charge in [0.1, 0.15) is 0 Å². The number of halogens is 2. The monoisotopic (exact) mass is 678 g/mol. The Labute approximate surface area is 240 Å². The molecule has 0 amide bonds. The zero-order valence-electron chi connectivity index (χ0n) is 22.1. The summed E-state index contributed by atoms with van der Waals surface area (Å²) in [6.07, 6.45) is 21.8. The molecule has 1 aromatic rings. The van der Waals surface area contributed by atoms with E-state index in [4.69, 9.17) is 21.4 Å². The van der Waals surface area contributed by atoms with Gasteiger partial charge in [0.05, 0.1) is 0 Å². The molecular weight excluding hydrogens is 634 g/mol. The van der Waals surface area contributed by atoms with Crippen molar-refractivity contribution in [2.45, 2.75) is 124 Å². The summed E-state index contributed by atoms with van der Waals surface area (Å²) in [6, 6.07) is 4.50. The van der Waals surface area contributed by atoms with Crippen LogP contribution in [0.4, 0.5) is 0 Å². The number of rotatable bonds is 8. The van der Waals surface area contributed by atoms with Crippen LogP contribution in [-0.2, 0) is 6.42 Å². The Hall–Kier alpha value is 0.569. The molecule has 0 saturated heterocycles. The van der Waals surface area contributed by atoms with E-state index in [-0.39, 0.29) is 0 Å². The second-order valence-corrected chi connectivity index (χ2v) is 27.4. The normalized spacial score (nSPS) is 21.6. The van der Waals surface area contributed by atoms with Crippen molar-refractivity contribution in [2.24, 2.45) is 5.16 Å². The van der Waals surface area contributed by atoms with Gasteiger partial charge in [-0.3, -0.25) is 0 Å². The quantitative estimate of drug-likeness (QED) is 0.0977. The van der Waals surface area contributed by atoms with Gasteiger partial charge in [-0.15, -0.1) is 0 Å². The minimum absolute atomic E-state index is 0.668. The van der Waals surface area contributed by atoms with Gasteiger partial charge >= 0.3 is 242 Å². The number of hydrogen-bond donors (Lipinski definition) is 1. The standard InChI is InChI=1S/C10H11Cl2N2OS2.3C6H11.Sn/c1-14(2)10(13-15)6-7-3-4-8(16-11)9(5-7)17-12;3*1-2-4-6-5-3-1;/h3-4,15H,6H2,1-2H3;3*1H,2-6H2;. The molecule has 4 rings (SSSR count). The van der Waals surface area contributed by atoms with Gasteiger partial charge in [-0.25, -0.2) is 0 Å². The summed E-state index contributed by atoms with van der Waals surface area (Å²) in [5, 5.41) is 13.7. The first-order valence-corrected chi connectivity index (χ1v) is 23.8. The molecule has 36 heavy (non-hydrogen) atoms. The zero-order valence-corrected chi connectivity index (χ0v) is 28.1. The van der Waals surface area contributed by atoms with Gasteiger partial charge in [-0.05, 0) is 0 Å². The van der Waals surface area contributed by atoms with E-state index in [1.54, 1.807) is 3.58 Å². The van der Waals surface area contributed by atoms with Gasteiger partial charge in [0.2, 0.25) is 0 Å². The van der Waals surface area contributed by atoms with Crippen molar-refractivity contribution in [1.29, 1.82) is 0 Å². The Balaban J connectivity index is 2.01. The average Bonchev–Trinajstić information content (AvgIpc) is 2.94. The van der Waals surface area contributed by atoms with Crippen LogP contribution in [0.25, 0.3) is 0 Å². The van der Waals surface area contributed by atoms with Crippen molar-refractivity contribution in [1.82, 2.24) is 4.90 Å². The summed E-state index contributed by atoms with van der Waals surface area (Å²) >= 11 is -3.19. The molecule has 0 heterocycles. The van der Waals surface area contributed by atoms with Gasteiger partial charge < -0.3 is 0 Å². The van der Waals surface area contributed by atoms with Crippen LogP contribution in [0.2, 0.25) is 11.8 Å². The SMILES string of the molecule is CN(C)C(Cc1ccc(SCl)c(SCl)[c]1[Sn]([CH]1CCCCC1)([CH]1CCCCC1)[CH]1CCCCC1)=NO. The maximum absolute atomic E-state index is 9.93. The summed E-state index contributed by atoms with van der Waals surface area (Å²) in [6.45, 7) is 0. The predicted molar refractivity (Wildman–Crippen MR) is 162 cm³/mol. The Bertz CT molecular complexity index is 837. The molecule has 1 aromatic carbocycles. The van der Waals surface area contributed by atoms with Crippen LogP contribution in [0.1, 0.15) is 102 Å². The van der Waals surface area contributed by atoms with E-state index >= 15 is 0 Å². The molecule has 0 aromatic heterocycles. The molecule has 0 unspecified atom stereocenters. The third-order valence-corrected chi connectivity index (χ3v) is 32.9. The molecule has 0 aliphatic heterocycles. The van der Waals surface area contributed by atoms with Gasteiger partial charge in [-0.1, -0.05) is 0 Å². The van der Waals surface area contributed by atoms with Crippen LogP contribution in [0.5, 0.6) is 0 Å². The minimum atomic E-state index is -3.19. The van der Waals surface area contributed by atoms with E-state index in [1.165, 1.54) is 129 Å². The number of hydrogen-bond acceptors (Lipinski definition) is 4. The summed E-state index contributed by atoms with van der Waals surface area (Å²) < 4.78 is 4.36. The average molecular weight is 678 g/mol. The van der Waals surface area contributed by atoms with Crippen molar-refractivity contribution in [3.63, 3.8) is 0 Å². The maximum atomic E-state index is 9.93. The van der Waals surface area contributed by atoms with Gasteiger partial charge in [0, 0.05) is 0 Å². The van der Waals surface area contributed by atoms with E-state index in [2.05, 4.69) is 17.3 Å². The van der Waals surface area contributed by atoms with E-state index in [9.17, 15) is 5.21 Å². The fourth-order valence-electron chi connectivity index (χ4n) is 8.17. The molecule has 3 saturated carbocycles. The van der Waals surface area contributed by atoms with Crippen LogP contribution in [0, 0.1) is 0 Å². The second kappa shape index (κ2) is 14.3. The third-order valence-electron chi connectivity index (χ3n) is 9.62. The molecule has 8 heteroatoms. The summed E-state index contributed by atoms with van der Waals surface area (Å²) in [4.78, 5) is 4.36. The molecular formula is C28H44Cl2N2OS2Sn. The Morgan fingerprint density at radius 1 is 0.833 bits per heavy atom. The predicted octanol–water partition coefficient (Wildman–Crippen LogP) is 9.73. The van der Waals surface area contributed by atoms with E-state index in [1.807, 2.05) is 19.0 Å². The third kappa shape index (κ3) is 6.15. The molecule has 3 fully saturated rings. The fraction of sp³-hybridized carbons (Fsp3) is 0.750. The zero-order chi connectivity index (χ0) is 25.5. The van der Waals surface area contributed by atoms with Gasteiger partial charge in [-0.2, -0.15) is 0 Å². The molecule has 0 radical (unpaired) electrons. The molecule has 3 aliphatic rings. The van der Waals surface area contributed by atoms with Crippen LogP contribution < -0.4 is 3.58 Å². The molecule has 0 spiro atoms. The van der Waals surface area contributed by atoms with E-state index in [0.717, 1.165) is 22.5 Å². The Morgan fingerprint density at radius 3 is 1.67 bits per heavy atom.